The summed E-state index contributed by atoms with van der Waals surface area (Å²) in [5.74, 6) is 0.0520. The van der Waals surface area contributed by atoms with Crippen LogP contribution in [0.4, 0.5) is 8.78 Å². The molecule has 1 aliphatic rings. The van der Waals surface area contributed by atoms with Gasteiger partial charge < -0.3 is 14.1 Å². The van der Waals surface area contributed by atoms with Crippen LogP contribution in [0.25, 0.3) is 11.0 Å². The molecule has 0 unspecified atom stereocenters. The lowest BCUT2D eigenvalue weighted by Crippen LogP contribution is -2.48. The number of amides is 1. The van der Waals surface area contributed by atoms with E-state index in [9.17, 15) is 13.6 Å². The van der Waals surface area contributed by atoms with Gasteiger partial charge in [0, 0.05) is 49.2 Å². The molecule has 0 spiro atoms. The second-order valence-corrected chi connectivity index (χ2v) is 7.22. The molecule has 0 atom stereocenters. The van der Waals surface area contributed by atoms with E-state index in [2.05, 4.69) is 4.90 Å². The van der Waals surface area contributed by atoms with E-state index in [1.54, 1.807) is 31.1 Å². The van der Waals surface area contributed by atoms with Crippen molar-refractivity contribution in [3.63, 3.8) is 0 Å². The third kappa shape index (κ3) is 3.82. The molecule has 0 saturated carbocycles. The highest BCUT2D eigenvalue weighted by Gasteiger charge is 2.27. The number of methoxy groups -OCH3 is 1. The zero-order valence-corrected chi connectivity index (χ0v) is 16.4. The van der Waals surface area contributed by atoms with Gasteiger partial charge in [-0.3, -0.25) is 9.69 Å². The molecule has 1 amide bonds. The molecule has 2 heterocycles. The molecule has 0 bridgehead atoms. The van der Waals surface area contributed by atoms with E-state index in [-0.39, 0.29) is 23.3 Å². The zero-order valence-electron chi connectivity index (χ0n) is 16.4. The van der Waals surface area contributed by atoms with E-state index in [0.717, 1.165) is 5.56 Å². The summed E-state index contributed by atoms with van der Waals surface area (Å²) in [7, 11) is 1.56. The second-order valence-electron chi connectivity index (χ2n) is 7.22. The van der Waals surface area contributed by atoms with E-state index in [1.807, 2.05) is 0 Å². The first-order valence-corrected chi connectivity index (χ1v) is 9.49. The number of ether oxygens (including phenoxy) is 1. The molecule has 152 valence electrons. The van der Waals surface area contributed by atoms with Crippen molar-refractivity contribution in [2.75, 3.05) is 33.3 Å². The lowest BCUT2D eigenvalue weighted by Gasteiger charge is -2.34. The number of carbonyl (C=O) groups excluding carboxylic acids is 1. The second kappa shape index (κ2) is 7.83. The maximum Gasteiger partial charge on any atom is 0.289 e. The molecule has 3 aromatic rings. The fraction of sp³-hybridized carbons (Fsp3) is 0.318. The lowest BCUT2D eigenvalue weighted by atomic mass is 10.1. The molecular formula is C22H22F2N2O3. The predicted molar refractivity (Wildman–Crippen MR) is 105 cm³/mol. The standard InChI is InChI=1S/C22H22F2N2O3/c1-14-18-12-17(24)4-6-20(18)29-21(14)22(27)26-9-7-25(8-10-26)13-15-11-16(23)3-5-19(15)28-2/h3-6,11-12H,7-10,13H2,1-2H3. The van der Waals surface area contributed by atoms with Crippen molar-refractivity contribution in [3.8, 4) is 5.75 Å². The smallest absolute Gasteiger partial charge is 0.289 e. The Balaban J connectivity index is 1.44. The summed E-state index contributed by atoms with van der Waals surface area (Å²) in [4.78, 5) is 16.8. The highest BCUT2D eigenvalue weighted by molar-refractivity contribution is 5.99. The molecule has 2 aromatic carbocycles. The number of fused-ring (bicyclic) bond motifs is 1. The fourth-order valence-corrected chi connectivity index (χ4v) is 3.76. The van der Waals surface area contributed by atoms with Crippen LogP contribution in [0.1, 0.15) is 21.7 Å². The number of nitrogens with zero attached hydrogens (tertiary/aromatic N) is 2. The Hall–Kier alpha value is -2.93. The SMILES string of the molecule is COc1ccc(F)cc1CN1CCN(C(=O)c2oc3ccc(F)cc3c2C)CC1. The maximum absolute atomic E-state index is 13.6. The van der Waals surface area contributed by atoms with Gasteiger partial charge >= 0.3 is 0 Å². The van der Waals surface area contributed by atoms with Crippen LogP contribution >= 0.6 is 0 Å². The highest BCUT2D eigenvalue weighted by atomic mass is 19.1. The minimum absolute atomic E-state index is 0.193. The number of benzene rings is 2. The average Bonchev–Trinajstić information content (AvgIpc) is 3.04. The van der Waals surface area contributed by atoms with Gasteiger partial charge in [0.1, 0.15) is 23.0 Å². The minimum Gasteiger partial charge on any atom is -0.496 e. The van der Waals surface area contributed by atoms with Crippen LogP contribution in [-0.4, -0.2) is 49.0 Å². The minimum atomic E-state index is -0.359. The van der Waals surface area contributed by atoms with Crippen LogP contribution in [0.5, 0.6) is 5.75 Å². The lowest BCUT2D eigenvalue weighted by molar-refractivity contribution is 0.0598. The quantitative estimate of drug-likeness (QED) is 0.665. The van der Waals surface area contributed by atoms with Crippen molar-refractivity contribution in [2.45, 2.75) is 13.5 Å². The number of furan rings is 1. The number of halogens is 2. The number of hydrogen-bond donors (Lipinski definition) is 0. The summed E-state index contributed by atoms with van der Waals surface area (Å²) < 4.78 is 38.1. The predicted octanol–water partition coefficient (Wildman–Crippen LogP) is 3.99. The van der Waals surface area contributed by atoms with Gasteiger partial charge in [0.15, 0.2) is 5.76 Å². The molecule has 1 aromatic heterocycles. The highest BCUT2D eigenvalue weighted by Crippen LogP contribution is 2.27. The van der Waals surface area contributed by atoms with E-state index in [4.69, 9.17) is 9.15 Å². The van der Waals surface area contributed by atoms with Gasteiger partial charge in [-0.25, -0.2) is 8.78 Å². The molecule has 1 fully saturated rings. The Morgan fingerprint density at radius 3 is 2.48 bits per heavy atom. The largest absolute Gasteiger partial charge is 0.496 e. The molecule has 1 aliphatic heterocycles. The van der Waals surface area contributed by atoms with Gasteiger partial charge in [0.05, 0.1) is 7.11 Å². The normalized spacial score (nSPS) is 15.1. The molecule has 29 heavy (non-hydrogen) atoms. The van der Waals surface area contributed by atoms with E-state index in [0.29, 0.717) is 55.0 Å². The Morgan fingerprint density at radius 2 is 1.76 bits per heavy atom. The molecule has 0 aliphatic carbocycles. The maximum atomic E-state index is 13.6. The third-order valence-corrected chi connectivity index (χ3v) is 5.39. The number of hydrogen-bond acceptors (Lipinski definition) is 4. The first-order valence-electron chi connectivity index (χ1n) is 9.49. The average molecular weight is 400 g/mol. The Kier molecular flexibility index (Phi) is 5.24. The third-order valence-electron chi connectivity index (χ3n) is 5.39. The fourth-order valence-electron chi connectivity index (χ4n) is 3.76. The molecule has 0 N–H and O–H groups in total. The summed E-state index contributed by atoms with van der Waals surface area (Å²) in [6.45, 7) is 4.68. The summed E-state index contributed by atoms with van der Waals surface area (Å²) in [6, 6.07) is 8.72. The summed E-state index contributed by atoms with van der Waals surface area (Å²) in [6.07, 6.45) is 0. The monoisotopic (exact) mass is 400 g/mol. The van der Waals surface area contributed by atoms with Crippen molar-refractivity contribution >= 4 is 16.9 Å². The molecule has 1 saturated heterocycles. The van der Waals surface area contributed by atoms with E-state index < -0.39 is 0 Å². The number of carbonyl (C=O) groups is 1. The van der Waals surface area contributed by atoms with Gasteiger partial charge in [-0.1, -0.05) is 0 Å². The van der Waals surface area contributed by atoms with Crippen molar-refractivity contribution in [1.82, 2.24) is 9.80 Å². The van der Waals surface area contributed by atoms with Crippen LogP contribution in [0.3, 0.4) is 0 Å². The number of piperazine rings is 1. The zero-order chi connectivity index (χ0) is 20.5. The Morgan fingerprint density at radius 1 is 1.07 bits per heavy atom. The molecule has 7 heteroatoms. The van der Waals surface area contributed by atoms with Crippen LogP contribution in [0.2, 0.25) is 0 Å². The van der Waals surface area contributed by atoms with Gasteiger partial charge in [-0.15, -0.1) is 0 Å². The van der Waals surface area contributed by atoms with Crippen LogP contribution in [-0.2, 0) is 6.54 Å². The topological polar surface area (TPSA) is 45.9 Å². The number of rotatable bonds is 4. The van der Waals surface area contributed by atoms with Crippen molar-refractivity contribution in [2.24, 2.45) is 0 Å². The van der Waals surface area contributed by atoms with Crippen LogP contribution in [0.15, 0.2) is 40.8 Å². The van der Waals surface area contributed by atoms with E-state index >= 15 is 0 Å². The number of aryl methyl sites for hydroxylation is 1. The summed E-state index contributed by atoms with van der Waals surface area (Å²) in [5, 5.41) is 0.616. The van der Waals surface area contributed by atoms with Gasteiger partial charge in [-0.05, 0) is 43.3 Å². The van der Waals surface area contributed by atoms with Gasteiger partial charge in [0.2, 0.25) is 0 Å². The summed E-state index contributed by atoms with van der Waals surface area (Å²) in [5.41, 5.74) is 1.93. The molecule has 5 nitrogen and oxygen atoms in total. The Bertz CT molecular complexity index is 1060. The summed E-state index contributed by atoms with van der Waals surface area (Å²) >= 11 is 0. The van der Waals surface area contributed by atoms with Crippen molar-refractivity contribution in [3.05, 3.63) is 64.9 Å². The van der Waals surface area contributed by atoms with Crippen LogP contribution in [0, 0.1) is 18.6 Å². The van der Waals surface area contributed by atoms with Crippen molar-refractivity contribution < 1.29 is 22.7 Å². The molecule has 4 rings (SSSR count). The molecule has 0 radical (unpaired) electrons. The van der Waals surface area contributed by atoms with Gasteiger partial charge in [-0.2, -0.15) is 0 Å². The van der Waals surface area contributed by atoms with E-state index in [1.165, 1.54) is 24.3 Å². The Labute approximate surface area is 167 Å². The first kappa shape index (κ1) is 19.4. The van der Waals surface area contributed by atoms with Crippen LogP contribution < -0.4 is 4.74 Å². The first-order chi connectivity index (χ1) is 14.0. The van der Waals surface area contributed by atoms with Crippen molar-refractivity contribution in [1.29, 1.82) is 0 Å². The van der Waals surface area contributed by atoms with Gasteiger partial charge in [0.25, 0.3) is 5.91 Å². The molecular weight excluding hydrogens is 378 g/mol.